The summed E-state index contributed by atoms with van der Waals surface area (Å²) in [4.78, 5) is 0.212. The van der Waals surface area contributed by atoms with Gasteiger partial charge < -0.3 is 5.73 Å². The van der Waals surface area contributed by atoms with Crippen LogP contribution in [0, 0.1) is 18.3 Å². The number of sulfonamides is 1. The second-order valence-corrected chi connectivity index (χ2v) is 7.04. The highest BCUT2D eigenvalue weighted by atomic mass is 35.5. The number of nitrogens with two attached hydrogens (primary N) is 1. The van der Waals surface area contributed by atoms with Crippen molar-refractivity contribution in [3.8, 4) is 6.07 Å². The van der Waals surface area contributed by atoms with Gasteiger partial charge in [0, 0.05) is 12.1 Å². The van der Waals surface area contributed by atoms with Crippen molar-refractivity contribution in [1.29, 1.82) is 5.26 Å². The van der Waals surface area contributed by atoms with Crippen LogP contribution < -0.4 is 10.5 Å². The molecule has 116 valence electrons. The van der Waals surface area contributed by atoms with Gasteiger partial charge in [0.2, 0.25) is 10.0 Å². The SMILES string of the molecule is Cc1cc(S(=O)(=O)NC2CCC(N)CC2)ccc1C#N.Cl. The van der Waals surface area contributed by atoms with E-state index in [1.165, 1.54) is 12.1 Å². The van der Waals surface area contributed by atoms with E-state index in [1.54, 1.807) is 13.0 Å². The van der Waals surface area contributed by atoms with Crippen molar-refractivity contribution in [3.05, 3.63) is 29.3 Å². The molecule has 5 nitrogen and oxygen atoms in total. The maximum Gasteiger partial charge on any atom is 0.240 e. The lowest BCUT2D eigenvalue weighted by Crippen LogP contribution is -2.40. The highest BCUT2D eigenvalue weighted by Gasteiger charge is 2.24. The number of hydrogen-bond donors (Lipinski definition) is 2. The first kappa shape index (κ1) is 17.9. The van der Waals surface area contributed by atoms with Crippen molar-refractivity contribution in [2.45, 2.75) is 49.6 Å². The van der Waals surface area contributed by atoms with Crippen molar-refractivity contribution in [3.63, 3.8) is 0 Å². The third kappa shape index (κ3) is 4.42. The molecular weight excluding hydrogens is 310 g/mol. The molecule has 0 amide bonds. The van der Waals surface area contributed by atoms with Crippen LogP contribution in [0.25, 0.3) is 0 Å². The lowest BCUT2D eigenvalue weighted by atomic mass is 9.93. The minimum atomic E-state index is -3.53. The smallest absolute Gasteiger partial charge is 0.240 e. The van der Waals surface area contributed by atoms with Crippen LogP contribution in [0.2, 0.25) is 0 Å². The fourth-order valence-corrected chi connectivity index (χ4v) is 3.84. The average molecular weight is 330 g/mol. The predicted molar refractivity (Wildman–Crippen MR) is 83.7 cm³/mol. The number of nitrogens with zero attached hydrogens (tertiary/aromatic N) is 1. The summed E-state index contributed by atoms with van der Waals surface area (Å²) in [5, 5.41) is 8.87. The van der Waals surface area contributed by atoms with Gasteiger partial charge in [0.15, 0.2) is 0 Å². The molecule has 1 aromatic carbocycles. The standard InChI is InChI=1S/C14H19N3O2S.ClH/c1-10-8-14(7-2-11(10)9-15)20(18,19)17-13-5-3-12(16)4-6-13;/h2,7-8,12-13,17H,3-6,16H2,1H3;1H. The normalized spacial score (nSPS) is 22.1. The molecule has 0 saturated heterocycles. The number of halogens is 1. The quantitative estimate of drug-likeness (QED) is 0.884. The van der Waals surface area contributed by atoms with E-state index in [9.17, 15) is 8.42 Å². The van der Waals surface area contributed by atoms with Gasteiger partial charge in [0.25, 0.3) is 0 Å². The van der Waals surface area contributed by atoms with E-state index in [1.807, 2.05) is 6.07 Å². The van der Waals surface area contributed by atoms with Crippen LogP contribution in [0.1, 0.15) is 36.8 Å². The Hall–Kier alpha value is -1.13. The second-order valence-electron chi connectivity index (χ2n) is 5.32. The molecule has 0 bridgehead atoms. The van der Waals surface area contributed by atoms with E-state index in [-0.39, 0.29) is 29.4 Å². The summed E-state index contributed by atoms with van der Waals surface area (Å²) in [6, 6.07) is 6.73. The van der Waals surface area contributed by atoms with E-state index >= 15 is 0 Å². The number of nitriles is 1. The zero-order chi connectivity index (χ0) is 14.8. The Kier molecular flexibility index (Phi) is 6.17. The van der Waals surface area contributed by atoms with Crippen molar-refractivity contribution in [2.24, 2.45) is 5.73 Å². The molecule has 0 heterocycles. The van der Waals surface area contributed by atoms with Crippen LogP contribution in [0.15, 0.2) is 23.1 Å². The summed E-state index contributed by atoms with van der Waals surface area (Å²) in [6.07, 6.45) is 3.24. The van der Waals surface area contributed by atoms with Gasteiger partial charge in [0.05, 0.1) is 16.5 Å². The van der Waals surface area contributed by atoms with Gasteiger partial charge in [-0.05, 0) is 56.4 Å². The van der Waals surface area contributed by atoms with Crippen LogP contribution in [0.4, 0.5) is 0 Å². The Morgan fingerprint density at radius 3 is 2.43 bits per heavy atom. The molecule has 0 unspecified atom stereocenters. The number of aryl methyl sites for hydroxylation is 1. The Bertz CT molecular complexity index is 632. The molecule has 7 heteroatoms. The highest BCUT2D eigenvalue weighted by Crippen LogP contribution is 2.20. The Morgan fingerprint density at radius 1 is 1.29 bits per heavy atom. The zero-order valence-corrected chi connectivity index (χ0v) is 13.5. The largest absolute Gasteiger partial charge is 0.328 e. The molecule has 0 aromatic heterocycles. The maximum atomic E-state index is 12.3. The summed E-state index contributed by atoms with van der Waals surface area (Å²) >= 11 is 0. The van der Waals surface area contributed by atoms with Gasteiger partial charge in [-0.15, -0.1) is 12.4 Å². The first-order valence-electron chi connectivity index (χ1n) is 6.71. The third-order valence-corrected chi connectivity index (χ3v) is 5.24. The molecule has 2 rings (SSSR count). The van der Waals surface area contributed by atoms with Gasteiger partial charge in [-0.25, -0.2) is 13.1 Å². The van der Waals surface area contributed by atoms with Crippen molar-refractivity contribution < 1.29 is 8.42 Å². The minimum Gasteiger partial charge on any atom is -0.328 e. The van der Waals surface area contributed by atoms with E-state index in [0.717, 1.165) is 25.7 Å². The van der Waals surface area contributed by atoms with Crippen LogP contribution in [0.3, 0.4) is 0 Å². The van der Waals surface area contributed by atoms with E-state index in [4.69, 9.17) is 11.0 Å². The van der Waals surface area contributed by atoms with Crippen LogP contribution in [-0.4, -0.2) is 20.5 Å². The highest BCUT2D eigenvalue weighted by molar-refractivity contribution is 7.89. The number of nitrogens with one attached hydrogen (secondary N) is 1. The number of rotatable bonds is 3. The second kappa shape index (κ2) is 7.23. The molecule has 1 aliphatic carbocycles. The van der Waals surface area contributed by atoms with Gasteiger partial charge in [-0.1, -0.05) is 0 Å². The van der Waals surface area contributed by atoms with Crippen molar-refractivity contribution in [1.82, 2.24) is 4.72 Å². The molecule has 1 aromatic rings. The Morgan fingerprint density at radius 2 is 1.90 bits per heavy atom. The molecule has 1 saturated carbocycles. The lowest BCUT2D eigenvalue weighted by molar-refractivity contribution is 0.373. The lowest BCUT2D eigenvalue weighted by Gasteiger charge is -2.26. The van der Waals surface area contributed by atoms with Crippen LogP contribution >= 0.6 is 12.4 Å². The summed E-state index contributed by atoms with van der Waals surface area (Å²) in [5.41, 5.74) is 6.98. The fraction of sp³-hybridized carbons (Fsp3) is 0.500. The minimum absolute atomic E-state index is 0. The molecule has 1 fully saturated rings. The Balaban J connectivity index is 0.00000220. The molecule has 1 aliphatic rings. The van der Waals surface area contributed by atoms with Crippen molar-refractivity contribution in [2.75, 3.05) is 0 Å². The summed E-state index contributed by atoms with van der Waals surface area (Å²) in [6.45, 7) is 1.73. The van der Waals surface area contributed by atoms with Crippen LogP contribution in [-0.2, 0) is 10.0 Å². The summed E-state index contributed by atoms with van der Waals surface area (Å²) < 4.78 is 27.3. The average Bonchev–Trinajstić information content (AvgIpc) is 2.41. The molecular formula is C14H20ClN3O2S. The number of benzene rings is 1. The monoisotopic (exact) mass is 329 g/mol. The molecule has 3 N–H and O–H groups in total. The topological polar surface area (TPSA) is 96.0 Å². The molecule has 0 radical (unpaired) electrons. The predicted octanol–water partition coefficient (Wildman–Crippen LogP) is 1.84. The van der Waals surface area contributed by atoms with Crippen molar-refractivity contribution >= 4 is 22.4 Å². The van der Waals surface area contributed by atoms with E-state index in [0.29, 0.717) is 11.1 Å². The maximum absolute atomic E-state index is 12.3. The van der Waals surface area contributed by atoms with Crippen LogP contribution in [0.5, 0.6) is 0 Å². The zero-order valence-electron chi connectivity index (χ0n) is 11.9. The van der Waals surface area contributed by atoms with E-state index in [2.05, 4.69) is 4.72 Å². The summed E-state index contributed by atoms with van der Waals surface area (Å²) in [7, 11) is -3.53. The van der Waals surface area contributed by atoms with Gasteiger partial charge in [-0.3, -0.25) is 0 Å². The number of hydrogen-bond acceptors (Lipinski definition) is 4. The van der Waals surface area contributed by atoms with E-state index < -0.39 is 10.0 Å². The Labute approximate surface area is 132 Å². The first-order valence-corrected chi connectivity index (χ1v) is 8.19. The molecule has 0 aliphatic heterocycles. The van der Waals surface area contributed by atoms with Gasteiger partial charge in [-0.2, -0.15) is 5.26 Å². The molecule has 0 atom stereocenters. The third-order valence-electron chi connectivity index (χ3n) is 3.72. The first-order chi connectivity index (χ1) is 9.42. The summed E-state index contributed by atoms with van der Waals surface area (Å²) in [5.74, 6) is 0. The molecule has 0 spiro atoms. The van der Waals surface area contributed by atoms with Gasteiger partial charge >= 0.3 is 0 Å². The molecule has 21 heavy (non-hydrogen) atoms. The fourth-order valence-electron chi connectivity index (χ4n) is 2.45. The van der Waals surface area contributed by atoms with Gasteiger partial charge in [0.1, 0.15) is 0 Å².